The van der Waals surface area contributed by atoms with Crippen LogP contribution in [0.1, 0.15) is 6.92 Å². The van der Waals surface area contributed by atoms with Gasteiger partial charge in [-0.1, -0.05) is 0 Å². The first-order chi connectivity index (χ1) is 7.63. The van der Waals surface area contributed by atoms with Gasteiger partial charge in [-0.05, 0) is 37.3 Å². The molecule has 0 amide bonds. The molecular formula is C12H14O4. The third-order valence-corrected chi connectivity index (χ3v) is 1.98. The third kappa shape index (κ3) is 3.65. The second-order valence-corrected chi connectivity index (χ2v) is 3.18. The maximum Gasteiger partial charge on any atom is 0.333 e. The van der Waals surface area contributed by atoms with Crippen molar-refractivity contribution in [1.29, 1.82) is 0 Å². The van der Waals surface area contributed by atoms with Crippen molar-refractivity contribution in [3.05, 3.63) is 35.9 Å². The van der Waals surface area contributed by atoms with Gasteiger partial charge in [0, 0.05) is 5.57 Å². The fourth-order valence-electron chi connectivity index (χ4n) is 1.05. The van der Waals surface area contributed by atoms with Gasteiger partial charge < -0.3 is 14.6 Å². The molecule has 0 heterocycles. The lowest BCUT2D eigenvalue weighted by atomic mass is 10.3. The zero-order valence-electron chi connectivity index (χ0n) is 9.27. The Hall–Kier alpha value is -1.97. The van der Waals surface area contributed by atoms with Crippen LogP contribution in [0.4, 0.5) is 0 Å². The first-order valence-corrected chi connectivity index (χ1v) is 4.80. The molecule has 1 aromatic rings. The molecule has 0 atom stereocenters. The van der Waals surface area contributed by atoms with E-state index < -0.39 is 0 Å². The van der Waals surface area contributed by atoms with Crippen LogP contribution in [0.25, 0.3) is 0 Å². The number of carbonyl (C=O) groups is 1. The number of phenols is 1. The molecule has 0 saturated carbocycles. The van der Waals surface area contributed by atoms with Gasteiger partial charge in [-0.25, -0.2) is 4.79 Å². The summed E-state index contributed by atoms with van der Waals surface area (Å²) in [7, 11) is 1.33. The Kier molecular flexibility index (Phi) is 4.39. The SMILES string of the molecule is COC(=O)/C(C)=C/COc1ccc(O)cc1. The topological polar surface area (TPSA) is 55.8 Å². The fraction of sp³-hybridized carbons (Fsp3) is 0.250. The van der Waals surface area contributed by atoms with E-state index >= 15 is 0 Å². The van der Waals surface area contributed by atoms with Crippen LogP contribution < -0.4 is 4.74 Å². The van der Waals surface area contributed by atoms with Crippen molar-refractivity contribution in [1.82, 2.24) is 0 Å². The molecule has 0 spiro atoms. The highest BCUT2D eigenvalue weighted by atomic mass is 16.5. The van der Waals surface area contributed by atoms with Crippen LogP contribution in [0.2, 0.25) is 0 Å². The lowest BCUT2D eigenvalue weighted by Gasteiger charge is -2.03. The van der Waals surface area contributed by atoms with Crippen LogP contribution >= 0.6 is 0 Å². The van der Waals surface area contributed by atoms with Gasteiger partial charge >= 0.3 is 5.97 Å². The van der Waals surface area contributed by atoms with Crippen molar-refractivity contribution in [2.24, 2.45) is 0 Å². The van der Waals surface area contributed by atoms with E-state index in [1.165, 1.54) is 19.2 Å². The second kappa shape index (κ2) is 5.80. The van der Waals surface area contributed by atoms with Gasteiger partial charge in [0.05, 0.1) is 7.11 Å². The standard InChI is InChI=1S/C12H14O4/c1-9(12(14)15-2)7-8-16-11-5-3-10(13)4-6-11/h3-7,13H,8H2,1-2H3/b9-7+. The summed E-state index contributed by atoms with van der Waals surface area (Å²) in [5.74, 6) is 0.453. The van der Waals surface area contributed by atoms with Gasteiger partial charge in [-0.2, -0.15) is 0 Å². The predicted octanol–water partition coefficient (Wildman–Crippen LogP) is 1.89. The summed E-state index contributed by atoms with van der Waals surface area (Å²) < 4.78 is 9.87. The number of rotatable bonds is 4. The summed E-state index contributed by atoms with van der Waals surface area (Å²) in [6.07, 6.45) is 1.64. The number of phenolic OH excluding ortho intramolecular Hbond substituents is 1. The van der Waals surface area contributed by atoms with Gasteiger partial charge in [0.25, 0.3) is 0 Å². The van der Waals surface area contributed by atoms with Crippen LogP contribution in [-0.4, -0.2) is 24.8 Å². The molecule has 0 aliphatic carbocycles. The monoisotopic (exact) mass is 222 g/mol. The maximum absolute atomic E-state index is 11.0. The molecule has 86 valence electrons. The van der Waals surface area contributed by atoms with E-state index in [9.17, 15) is 4.79 Å². The zero-order chi connectivity index (χ0) is 12.0. The minimum atomic E-state index is -0.366. The predicted molar refractivity (Wildman–Crippen MR) is 59.4 cm³/mol. The number of carbonyl (C=O) groups excluding carboxylic acids is 1. The van der Waals surface area contributed by atoms with Crippen LogP contribution in [0.5, 0.6) is 11.5 Å². The molecule has 1 aromatic carbocycles. The smallest absolute Gasteiger partial charge is 0.333 e. The van der Waals surface area contributed by atoms with Crippen LogP contribution in [0.15, 0.2) is 35.9 Å². The van der Waals surface area contributed by atoms with Crippen molar-refractivity contribution < 1.29 is 19.4 Å². The molecule has 0 radical (unpaired) electrons. The number of aromatic hydroxyl groups is 1. The summed E-state index contributed by atoms with van der Waals surface area (Å²) in [5, 5.41) is 9.05. The molecule has 0 fully saturated rings. The van der Waals surface area contributed by atoms with E-state index in [0.717, 1.165) is 0 Å². The molecule has 0 aromatic heterocycles. The minimum Gasteiger partial charge on any atom is -0.508 e. The van der Waals surface area contributed by atoms with Crippen molar-refractivity contribution in [3.63, 3.8) is 0 Å². The van der Waals surface area contributed by atoms with Crippen LogP contribution in [0, 0.1) is 0 Å². The molecule has 1 N–H and O–H groups in total. The number of methoxy groups -OCH3 is 1. The molecule has 0 saturated heterocycles. The van der Waals surface area contributed by atoms with Crippen molar-refractivity contribution in [2.45, 2.75) is 6.92 Å². The van der Waals surface area contributed by atoms with Crippen molar-refractivity contribution in [2.75, 3.05) is 13.7 Å². The first kappa shape index (κ1) is 12.1. The van der Waals surface area contributed by atoms with Gasteiger partial charge in [-0.15, -0.1) is 0 Å². The van der Waals surface area contributed by atoms with Crippen molar-refractivity contribution >= 4 is 5.97 Å². The fourth-order valence-corrected chi connectivity index (χ4v) is 1.05. The lowest BCUT2D eigenvalue weighted by molar-refractivity contribution is -0.136. The molecule has 16 heavy (non-hydrogen) atoms. The molecule has 0 bridgehead atoms. The van der Waals surface area contributed by atoms with E-state index in [4.69, 9.17) is 9.84 Å². The van der Waals surface area contributed by atoms with Gasteiger partial charge in [0.2, 0.25) is 0 Å². The number of esters is 1. The quantitative estimate of drug-likeness (QED) is 0.624. The molecule has 4 nitrogen and oxygen atoms in total. The highest BCUT2D eigenvalue weighted by molar-refractivity contribution is 5.87. The Balaban J connectivity index is 2.46. The Morgan fingerprint density at radius 3 is 2.56 bits per heavy atom. The van der Waals surface area contributed by atoms with E-state index in [-0.39, 0.29) is 18.3 Å². The number of ether oxygens (including phenoxy) is 2. The molecule has 0 unspecified atom stereocenters. The maximum atomic E-state index is 11.0. The Morgan fingerprint density at radius 2 is 2.00 bits per heavy atom. The summed E-state index contributed by atoms with van der Waals surface area (Å²) in [6.45, 7) is 1.94. The zero-order valence-corrected chi connectivity index (χ0v) is 9.27. The van der Waals surface area contributed by atoms with Crippen LogP contribution in [-0.2, 0) is 9.53 Å². The van der Waals surface area contributed by atoms with E-state index in [1.54, 1.807) is 25.1 Å². The summed E-state index contributed by atoms with van der Waals surface area (Å²) >= 11 is 0. The van der Waals surface area contributed by atoms with Crippen molar-refractivity contribution in [3.8, 4) is 11.5 Å². The molecule has 1 rings (SSSR count). The molecule has 4 heteroatoms. The van der Waals surface area contributed by atoms with E-state index in [2.05, 4.69) is 4.74 Å². The largest absolute Gasteiger partial charge is 0.508 e. The Labute approximate surface area is 94.1 Å². The normalized spacial score (nSPS) is 11.0. The summed E-state index contributed by atoms with van der Waals surface area (Å²) in [5.41, 5.74) is 0.501. The highest BCUT2D eigenvalue weighted by Crippen LogP contribution is 2.15. The summed E-state index contributed by atoms with van der Waals surface area (Å²) in [4.78, 5) is 11.0. The van der Waals surface area contributed by atoms with E-state index in [0.29, 0.717) is 11.3 Å². The average molecular weight is 222 g/mol. The lowest BCUT2D eigenvalue weighted by Crippen LogP contribution is -2.03. The molecule has 0 aliphatic heterocycles. The number of benzene rings is 1. The Bertz CT molecular complexity index is 379. The first-order valence-electron chi connectivity index (χ1n) is 4.80. The minimum absolute atomic E-state index is 0.189. The number of hydrogen-bond donors (Lipinski definition) is 1. The summed E-state index contributed by atoms with van der Waals surface area (Å²) in [6, 6.07) is 6.37. The average Bonchev–Trinajstić information content (AvgIpc) is 2.30. The van der Waals surface area contributed by atoms with Gasteiger partial charge in [-0.3, -0.25) is 0 Å². The molecular weight excluding hydrogens is 208 g/mol. The molecule has 0 aliphatic rings. The van der Waals surface area contributed by atoms with E-state index in [1.807, 2.05) is 0 Å². The third-order valence-electron chi connectivity index (χ3n) is 1.98. The van der Waals surface area contributed by atoms with Gasteiger partial charge in [0.15, 0.2) is 0 Å². The van der Waals surface area contributed by atoms with Crippen LogP contribution in [0.3, 0.4) is 0 Å². The Morgan fingerprint density at radius 1 is 1.38 bits per heavy atom. The number of hydrogen-bond acceptors (Lipinski definition) is 4. The van der Waals surface area contributed by atoms with Gasteiger partial charge in [0.1, 0.15) is 18.1 Å². The highest BCUT2D eigenvalue weighted by Gasteiger charge is 2.01. The second-order valence-electron chi connectivity index (χ2n) is 3.18.